The fraction of sp³-hybridized carbons (Fsp3) is 0.158. The minimum absolute atomic E-state index is 0.0564. The summed E-state index contributed by atoms with van der Waals surface area (Å²) in [5.74, 6) is -0.913. The first kappa shape index (κ1) is 21.4. The molecule has 1 heterocycles. The fourth-order valence-corrected chi connectivity index (χ4v) is 2.97. The standard InChI is InChI=1S/C19H12F6N2O3/c20-18(21,22)13-3-4-15(19(23,24)25)12(7-13)9-27-6-5-10-1-2-11(16(28)26-30)8-14(10)17(27)29/h1-8,30H,9H2,(H,26,28). The predicted molar refractivity (Wildman–Crippen MR) is 93.0 cm³/mol. The van der Waals surface area contributed by atoms with E-state index in [2.05, 4.69) is 0 Å². The van der Waals surface area contributed by atoms with Gasteiger partial charge in [-0.15, -0.1) is 0 Å². The van der Waals surface area contributed by atoms with Gasteiger partial charge >= 0.3 is 12.4 Å². The number of hydrogen-bond acceptors (Lipinski definition) is 3. The molecule has 0 saturated carbocycles. The summed E-state index contributed by atoms with van der Waals surface area (Å²) in [5, 5.41) is 8.99. The Bertz CT molecular complexity index is 1180. The molecule has 30 heavy (non-hydrogen) atoms. The molecule has 1 aromatic heterocycles. The summed E-state index contributed by atoms with van der Waals surface area (Å²) in [5.41, 5.74) is -2.82. The summed E-state index contributed by atoms with van der Waals surface area (Å²) in [6, 6.07) is 6.20. The second kappa shape index (κ2) is 7.48. The molecule has 0 spiro atoms. The number of alkyl halides is 6. The van der Waals surface area contributed by atoms with E-state index in [1.165, 1.54) is 23.7 Å². The van der Waals surface area contributed by atoms with Crippen molar-refractivity contribution in [2.75, 3.05) is 0 Å². The van der Waals surface area contributed by atoms with Gasteiger partial charge in [0.15, 0.2) is 0 Å². The maximum atomic E-state index is 13.3. The van der Waals surface area contributed by atoms with E-state index in [9.17, 15) is 35.9 Å². The van der Waals surface area contributed by atoms with Crippen LogP contribution in [0.2, 0.25) is 0 Å². The number of carbonyl (C=O) groups excluding carboxylic acids is 1. The number of fused-ring (bicyclic) bond motifs is 1. The maximum Gasteiger partial charge on any atom is 0.416 e. The third-order valence-corrected chi connectivity index (χ3v) is 4.42. The molecule has 158 valence electrons. The average molecular weight is 430 g/mol. The number of benzene rings is 2. The molecule has 0 saturated heterocycles. The van der Waals surface area contributed by atoms with Crippen LogP contribution in [0.25, 0.3) is 10.8 Å². The third-order valence-electron chi connectivity index (χ3n) is 4.42. The molecule has 0 aliphatic heterocycles. The number of carbonyl (C=O) groups is 1. The summed E-state index contributed by atoms with van der Waals surface area (Å²) in [6.07, 6.45) is -8.64. The van der Waals surface area contributed by atoms with E-state index in [0.29, 0.717) is 23.6 Å². The number of nitrogens with one attached hydrogen (secondary N) is 1. The molecule has 11 heteroatoms. The molecule has 3 rings (SSSR count). The SMILES string of the molecule is O=C(NO)c1ccc2ccn(Cc3cc(C(F)(F)F)ccc3C(F)(F)F)c(=O)c2c1. The lowest BCUT2D eigenvalue weighted by Crippen LogP contribution is -2.23. The van der Waals surface area contributed by atoms with Crippen molar-refractivity contribution in [1.29, 1.82) is 0 Å². The van der Waals surface area contributed by atoms with Gasteiger partial charge in [-0.25, -0.2) is 5.48 Å². The number of amides is 1. The highest BCUT2D eigenvalue weighted by molar-refractivity contribution is 5.97. The van der Waals surface area contributed by atoms with Crippen LogP contribution in [0, 0.1) is 0 Å². The molecule has 5 nitrogen and oxygen atoms in total. The first-order valence-electron chi connectivity index (χ1n) is 8.27. The third kappa shape index (κ3) is 4.15. The van der Waals surface area contributed by atoms with Crippen molar-refractivity contribution in [3.05, 3.63) is 81.3 Å². The molecule has 0 aliphatic carbocycles. The van der Waals surface area contributed by atoms with Gasteiger partial charge in [-0.05, 0) is 47.3 Å². The van der Waals surface area contributed by atoms with Crippen molar-refractivity contribution in [3.8, 4) is 0 Å². The van der Waals surface area contributed by atoms with Gasteiger partial charge in [-0.2, -0.15) is 26.3 Å². The molecule has 0 unspecified atom stereocenters. The second-order valence-corrected chi connectivity index (χ2v) is 6.36. The number of nitrogens with zero attached hydrogens (tertiary/aromatic N) is 1. The minimum atomic E-state index is -4.92. The summed E-state index contributed by atoms with van der Waals surface area (Å²) in [4.78, 5) is 24.2. The topological polar surface area (TPSA) is 71.3 Å². The van der Waals surface area contributed by atoms with Crippen molar-refractivity contribution in [1.82, 2.24) is 10.0 Å². The van der Waals surface area contributed by atoms with Crippen molar-refractivity contribution >= 4 is 16.7 Å². The molecule has 0 radical (unpaired) electrons. The largest absolute Gasteiger partial charge is 0.416 e. The Hall–Kier alpha value is -3.34. The van der Waals surface area contributed by atoms with E-state index >= 15 is 0 Å². The van der Waals surface area contributed by atoms with Crippen LogP contribution in [-0.4, -0.2) is 15.7 Å². The van der Waals surface area contributed by atoms with Crippen molar-refractivity contribution in [2.45, 2.75) is 18.9 Å². The van der Waals surface area contributed by atoms with Gasteiger partial charge in [0.1, 0.15) is 0 Å². The second-order valence-electron chi connectivity index (χ2n) is 6.36. The smallest absolute Gasteiger partial charge is 0.311 e. The van der Waals surface area contributed by atoms with Gasteiger partial charge in [0.2, 0.25) is 0 Å². The molecule has 1 amide bonds. The molecule has 2 N–H and O–H groups in total. The zero-order valence-electron chi connectivity index (χ0n) is 14.8. The summed E-state index contributed by atoms with van der Waals surface area (Å²) in [6.45, 7) is -0.774. The summed E-state index contributed by atoms with van der Waals surface area (Å²) < 4.78 is 79.5. The Morgan fingerprint density at radius 2 is 1.67 bits per heavy atom. The normalized spacial score (nSPS) is 12.2. The van der Waals surface area contributed by atoms with Gasteiger partial charge in [0, 0.05) is 17.1 Å². The van der Waals surface area contributed by atoms with Crippen LogP contribution in [0.15, 0.2) is 53.5 Å². The zero-order chi connectivity index (χ0) is 22.3. The molecule has 0 bridgehead atoms. The van der Waals surface area contributed by atoms with E-state index in [4.69, 9.17) is 5.21 Å². The lowest BCUT2D eigenvalue weighted by Gasteiger charge is -2.17. The molecule has 3 aromatic rings. The van der Waals surface area contributed by atoms with Crippen LogP contribution < -0.4 is 11.0 Å². The van der Waals surface area contributed by atoms with Crippen molar-refractivity contribution in [3.63, 3.8) is 0 Å². The minimum Gasteiger partial charge on any atom is -0.311 e. The van der Waals surface area contributed by atoms with E-state index in [0.717, 1.165) is 16.8 Å². The van der Waals surface area contributed by atoms with Crippen LogP contribution in [0.1, 0.15) is 27.0 Å². The number of rotatable bonds is 3. The lowest BCUT2D eigenvalue weighted by molar-refractivity contribution is -0.141. The quantitative estimate of drug-likeness (QED) is 0.372. The van der Waals surface area contributed by atoms with Crippen LogP contribution in [-0.2, 0) is 18.9 Å². The lowest BCUT2D eigenvalue weighted by atomic mass is 10.0. The van der Waals surface area contributed by atoms with Crippen molar-refractivity contribution < 1.29 is 36.3 Å². The Morgan fingerprint density at radius 1 is 0.967 bits per heavy atom. The van der Waals surface area contributed by atoms with Crippen molar-refractivity contribution in [2.24, 2.45) is 0 Å². The molecule has 0 atom stereocenters. The van der Waals surface area contributed by atoms with E-state index in [1.54, 1.807) is 0 Å². The fourth-order valence-electron chi connectivity index (χ4n) is 2.97. The number of hydrogen-bond donors (Lipinski definition) is 2. The molecular weight excluding hydrogens is 418 g/mol. The summed E-state index contributed by atoms with van der Waals surface area (Å²) in [7, 11) is 0. The van der Waals surface area contributed by atoms with Crippen LogP contribution in [0.4, 0.5) is 26.3 Å². The van der Waals surface area contributed by atoms with Crippen LogP contribution in [0.3, 0.4) is 0 Å². The number of aromatic nitrogens is 1. The van der Waals surface area contributed by atoms with Crippen LogP contribution >= 0.6 is 0 Å². The van der Waals surface area contributed by atoms with Gasteiger partial charge in [-0.1, -0.05) is 6.07 Å². The molecular formula is C19H12F6N2O3. The first-order chi connectivity index (χ1) is 13.9. The highest BCUT2D eigenvalue weighted by atomic mass is 19.4. The van der Waals surface area contributed by atoms with Crippen LogP contribution in [0.5, 0.6) is 0 Å². The van der Waals surface area contributed by atoms with Gasteiger partial charge in [-0.3, -0.25) is 14.8 Å². The monoisotopic (exact) mass is 430 g/mol. The number of halogens is 6. The number of hydroxylamine groups is 1. The van der Waals surface area contributed by atoms with Gasteiger partial charge < -0.3 is 4.57 Å². The highest BCUT2D eigenvalue weighted by Gasteiger charge is 2.37. The van der Waals surface area contributed by atoms with E-state index in [1.807, 2.05) is 0 Å². The average Bonchev–Trinajstić information content (AvgIpc) is 2.67. The Balaban J connectivity index is 2.14. The maximum absolute atomic E-state index is 13.3. The zero-order valence-corrected chi connectivity index (χ0v) is 14.8. The molecule has 2 aromatic carbocycles. The van der Waals surface area contributed by atoms with Gasteiger partial charge in [0.25, 0.3) is 11.5 Å². The van der Waals surface area contributed by atoms with E-state index < -0.39 is 47.1 Å². The Morgan fingerprint density at radius 3 is 2.27 bits per heavy atom. The Kier molecular flexibility index (Phi) is 5.33. The molecule has 0 fully saturated rings. The molecule has 0 aliphatic rings. The predicted octanol–water partition coefficient (Wildman–Crippen LogP) is 4.21. The van der Waals surface area contributed by atoms with E-state index in [-0.39, 0.29) is 10.9 Å². The number of pyridine rings is 1. The first-order valence-corrected chi connectivity index (χ1v) is 8.27. The summed E-state index contributed by atoms with van der Waals surface area (Å²) >= 11 is 0. The van der Waals surface area contributed by atoms with Gasteiger partial charge in [0.05, 0.1) is 17.7 Å². The Labute approximate surface area is 164 Å². The highest BCUT2D eigenvalue weighted by Crippen LogP contribution is 2.36.